The van der Waals surface area contributed by atoms with Crippen LogP contribution in [0, 0.1) is 51.8 Å². The van der Waals surface area contributed by atoms with E-state index in [0.29, 0.717) is 36.2 Å². The Hall–Kier alpha value is -0.670. The Morgan fingerprint density at radius 1 is 0.912 bits per heavy atom. The molecule has 3 saturated carbocycles. The largest absolute Gasteiger partial charge is 0.347 e. The lowest BCUT2D eigenvalue weighted by molar-refractivity contribution is -0.245. The fourth-order valence-electron chi connectivity index (χ4n) is 10.00. The molecule has 5 aliphatic rings. The van der Waals surface area contributed by atoms with Crippen LogP contribution in [0.3, 0.4) is 0 Å². The molecular weight excluding hydrogens is 420 g/mol. The van der Waals surface area contributed by atoms with E-state index in [4.69, 9.17) is 9.47 Å². The van der Waals surface area contributed by atoms with Crippen LogP contribution < -0.4 is 0 Å². The van der Waals surface area contributed by atoms with Gasteiger partial charge >= 0.3 is 0 Å². The van der Waals surface area contributed by atoms with Gasteiger partial charge in [0.1, 0.15) is 0 Å². The van der Waals surface area contributed by atoms with Crippen molar-refractivity contribution in [2.45, 2.75) is 112 Å². The number of rotatable bonds is 5. The Balaban J connectivity index is 1.42. The number of hydrogen-bond acceptors (Lipinski definition) is 3. The maximum absolute atomic E-state index is 14.0. The fourth-order valence-corrected chi connectivity index (χ4v) is 10.00. The van der Waals surface area contributed by atoms with E-state index in [1.165, 1.54) is 50.5 Å². The highest BCUT2D eigenvalue weighted by Crippen LogP contribution is 2.70. The van der Waals surface area contributed by atoms with Crippen molar-refractivity contribution in [3.05, 3.63) is 11.6 Å². The van der Waals surface area contributed by atoms with Gasteiger partial charge in [-0.05, 0) is 84.2 Å². The molecule has 3 nitrogen and oxygen atoms in total. The lowest BCUT2D eigenvalue weighted by Crippen LogP contribution is -2.61. The molecule has 0 aromatic carbocycles. The van der Waals surface area contributed by atoms with Gasteiger partial charge in [0.2, 0.25) is 0 Å². The Bertz CT molecular complexity index is 834. The summed E-state index contributed by atoms with van der Waals surface area (Å²) in [6, 6.07) is 0. The highest BCUT2D eigenvalue weighted by molar-refractivity contribution is 5.95. The Labute approximate surface area is 208 Å². The Morgan fingerprint density at radius 3 is 2.29 bits per heavy atom. The molecule has 192 valence electrons. The van der Waals surface area contributed by atoms with Gasteiger partial charge in [0.05, 0.1) is 13.2 Å². The Kier molecular flexibility index (Phi) is 6.20. The minimum absolute atomic E-state index is 0.0882. The van der Waals surface area contributed by atoms with E-state index < -0.39 is 5.79 Å². The molecule has 7 atom stereocenters. The SMILES string of the molecule is CC(C)CCC[C@@H](C)[C@H]1CC[C@H]2[C@@H]3C(=O)C=C4C(C)(C)C5(CC[C@]4(C)[C@H]3CC[C@]12C)OCCO5. The van der Waals surface area contributed by atoms with Crippen molar-refractivity contribution in [3.8, 4) is 0 Å². The molecule has 1 heterocycles. The smallest absolute Gasteiger partial charge is 0.177 e. The van der Waals surface area contributed by atoms with Gasteiger partial charge in [-0.25, -0.2) is 0 Å². The maximum atomic E-state index is 14.0. The number of hydrogen-bond donors (Lipinski definition) is 0. The molecule has 1 aliphatic heterocycles. The topological polar surface area (TPSA) is 35.5 Å². The molecule has 1 spiro atoms. The summed E-state index contributed by atoms with van der Waals surface area (Å²) in [5.74, 6) is 3.49. The van der Waals surface area contributed by atoms with E-state index in [-0.39, 0.29) is 16.7 Å². The van der Waals surface area contributed by atoms with E-state index in [0.717, 1.165) is 30.6 Å². The van der Waals surface area contributed by atoms with E-state index in [9.17, 15) is 4.79 Å². The van der Waals surface area contributed by atoms with Gasteiger partial charge in [0, 0.05) is 17.8 Å². The molecule has 34 heavy (non-hydrogen) atoms. The summed E-state index contributed by atoms with van der Waals surface area (Å²) in [5.41, 5.74) is 1.48. The quantitative estimate of drug-likeness (QED) is 0.415. The van der Waals surface area contributed by atoms with Crippen molar-refractivity contribution >= 4 is 5.78 Å². The second-order valence-electron chi connectivity index (χ2n) is 14.2. The van der Waals surface area contributed by atoms with Crippen molar-refractivity contribution in [2.75, 3.05) is 13.2 Å². The van der Waals surface area contributed by atoms with E-state index in [2.05, 4.69) is 54.5 Å². The summed E-state index contributed by atoms with van der Waals surface area (Å²) >= 11 is 0. The summed E-state index contributed by atoms with van der Waals surface area (Å²) in [5, 5.41) is 0. The molecule has 0 aromatic heterocycles. The first-order valence-corrected chi connectivity index (χ1v) is 14.5. The standard InChI is InChI=1S/C31H50O3/c1-20(2)9-8-10-21(3)22-11-12-23-27-24(13-14-29(22,23)6)30(7)15-16-31(33-17-18-34-31)28(4,5)26(30)19-25(27)32/h19-24,27H,8-18H2,1-7H3/t21-,22-,23+,24+,27+,29-,30-/m1/s1. The summed E-state index contributed by atoms with van der Waals surface area (Å²) in [6.45, 7) is 18.1. The highest BCUT2D eigenvalue weighted by atomic mass is 16.7. The van der Waals surface area contributed by atoms with E-state index in [1.54, 1.807) is 0 Å². The number of carbonyl (C=O) groups is 1. The third kappa shape index (κ3) is 3.46. The van der Waals surface area contributed by atoms with Gasteiger partial charge in [0.25, 0.3) is 0 Å². The van der Waals surface area contributed by atoms with E-state index in [1.807, 2.05) is 0 Å². The average Bonchev–Trinajstić information content (AvgIpc) is 3.38. The minimum atomic E-state index is -0.543. The number of carbonyl (C=O) groups excluding carboxylic acids is 1. The van der Waals surface area contributed by atoms with Crippen LogP contribution in [0.1, 0.15) is 106 Å². The molecule has 0 amide bonds. The normalized spacial score (nSPS) is 43.4. The van der Waals surface area contributed by atoms with Crippen LogP contribution in [0.25, 0.3) is 0 Å². The fraction of sp³-hybridized carbons (Fsp3) is 0.903. The van der Waals surface area contributed by atoms with E-state index >= 15 is 0 Å². The second kappa shape index (κ2) is 8.44. The first-order valence-electron chi connectivity index (χ1n) is 14.5. The molecule has 0 N–H and O–H groups in total. The first-order chi connectivity index (χ1) is 16.0. The molecule has 3 heteroatoms. The van der Waals surface area contributed by atoms with Crippen molar-refractivity contribution in [1.82, 2.24) is 0 Å². The predicted octanol–water partition coefficient (Wildman–Crippen LogP) is 7.59. The molecule has 4 aliphatic carbocycles. The van der Waals surface area contributed by atoms with Gasteiger partial charge in [0.15, 0.2) is 11.6 Å². The maximum Gasteiger partial charge on any atom is 0.177 e. The predicted molar refractivity (Wildman–Crippen MR) is 137 cm³/mol. The van der Waals surface area contributed by atoms with Gasteiger partial charge in [-0.2, -0.15) is 0 Å². The molecule has 0 bridgehead atoms. The van der Waals surface area contributed by atoms with Crippen LogP contribution in [0.2, 0.25) is 0 Å². The zero-order chi connectivity index (χ0) is 24.5. The summed E-state index contributed by atoms with van der Waals surface area (Å²) < 4.78 is 12.5. The summed E-state index contributed by atoms with van der Waals surface area (Å²) in [6.07, 6.45) is 13.3. The van der Waals surface area contributed by atoms with Crippen LogP contribution in [-0.4, -0.2) is 24.8 Å². The third-order valence-electron chi connectivity index (χ3n) is 11.9. The van der Waals surface area contributed by atoms with Crippen molar-refractivity contribution in [2.24, 2.45) is 51.8 Å². The molecule has 0 radical (unpaired) electrons. The van der Waals surface area contributed by atoms with Crippen molar-refractivity contribution in [3.63, 3.8) is 0 Å². The van der Waals surface area contributed by atoms with Crippen LogP contribution in [-0.2, 0) is 14.3 Å². The lowest BCUT2D eigenvalue weighted by atomic mass is 9.43. The van der Waals surface area contributed by atoms with Gasteiger partial charge < -0.3 is 9.47 Å². The molecule has 0 aromatic rings. The molecule has 1 saturated heterocycles. The summed E-state index contributed by atoms with van der Waals surface area (Å²) in [4.78, 5) is 14.0. The van der Waals surface area contributed by atoms with Crippen LogP contribution >= 0.6 is 0 Å². The number of ketones is 1. The van der Waals surface area contributed by atoms with Crippen molar-refractivity contribution < 1.29 is 14.3 Å². The van der Waals surface area contributed by atoms with Crippen LogP contribution in [0.4, 0.5) is 0 Å². The van der Waals surface area contributed by atoms with Gasteiger partial charge in [-0.15, -0.1) is 0 Å². The molecule has 4 fully saturated rings. The Morgan fingerprint density at radius 2 is 1.62 bits per heavy atom. The monoisotopic (exact) mass is 470 g/mol. The third-order valence-corrected chi connectivity index (χ3v) is 11.9. The van der Waals surface area contributed by atoms with Gasteiger partial charge in [-0.1, -0.05) is 67.7 Å². The number of allylic oxidation sites excluding steroid dienone is 1. The average molecular weight is 471 g/mol. The second-order valence-corrected chi connectivity index (χ2v) is 14.2. The first kappa shape index (κ1) is 25.0. The lowest BCUT2D eigenvalue weighted by Gasteiger charge is -2.62. The minimum Gasteiger partial charge on any atom is -0.347 e. The summed E-state index contributed by atoms with van der Waals surface area (Å²) in [7, 11) is 0. The highest BCUT2D eigenvalue weighted by Gasteiger charge is 2.67. The molecule has 5 rings (SSSR count). The molecular formula is C31H50O3. The van der Waals surface area contributed by atoms with Crippen LogP contribution in [0.15, 0.2) is 11.6 Å². The van der Waals surface area contributed by atoms with Crippen LogP contribution in [0.5, 0.6) is 0 Å². The number of ether oxygens (including phenoxy) is 2. The van der Waals surface area contributed by atoms with Gasteiger partial charge in [-0.3, -0.25) is 4.79 Å². The number of fused-ring (bicyclic) bond motifs is 5. The zero-order valence-corrected chi connectivity index (χ0v) is 23.0. The zero-order valence-electron chi connectivity index (χ0n) is 23.0. The van der Waals surface area contributed by atoms with Crippen molar-refractivity contribution in [1.29, 1.82) is 0 Å². The molecule has 0 unspecified atom stereocenters.